The van der Waals surface area contributed by atoms with Gasteiger partial charge < -0.3 is 9.84 Å². The summed E-state index contributed by atoms with van der Waals surface area (Å²) in [4.78, 5) is 4.46. The minimum atomic E-state index is 0.338. The molecular weight excluding hydrogens is 210 g/mol. The van der Waals surface area contributed by atoms with Crippen molar-refractivity contribution in [2.24, 2.45) is 0 Å². The van der Waals surface area contributed by atoms with Gasteiger partial charge in [0.05, 0.1) is 5.92 Å². The van der Waals surface area contributed by atoms with Gasteiger partial charge in [0.1, 0.15) is 0 Å². The van der Waals surface area contributed by atoms with Crippen LogP contribution in [0, 0.1) is 0 Å². The molecule has 1 aliphatic rings. The topological polar surface area (TPSA) is 51.0 Å². The highest BCUT2D eigenvalue weighted by Gasteiger charge is 2.32. The average Bonchev–Trinajstić information content (AvgIpc) is 2.85. The van der Waals surface area contributed by atoms with Crippen LogP contribution in [0.3, 0.4) is 0 Å². The van der Waals surface area contributed by atoms with Crippen molar-refractivity contribution >= 4 is 11.8 Å². The van der Waals surface area contributed by atoms with Crippen molar-refractivity contribution < 1.29 is 4.52 Å². The number of nitrogens with zero attached hydrogens (tertiary/aromatic N) is 2. The lowest BCUT2D eigenvalue weighted by atomic mass is 10.0. The van der Waals surface area contributed by atoms with Crippen molar-refractivity contribution in [1.29, 1.82) is 0 Å². The van der Waals surface area contributed by atoms with Crippen molar-refractivity contribution in [3.8, 4) is 0 Å². The van der Waals surface area contributed by atoms with Crippen LogP contribution in [0.4, 0.5) is 0 Å². The fraction of sp³-hybridized carbons (Fsp3) is 0.800. The van der Waals surface area contributed by atoms with Crippen molar-refractivity contribution in [3.05, 3.63) is 11.7 Å². The Bertz CT molecular complexity index is 326. The third-order valence-corrected chi connectivity index (χ3v) is 3.93. The van der Waals surface area contributed by atoms with Gasteiger partial charge in [-0.15, -0.1) is 0 Å². The van der Waals surface area contributed by atoms with E-state index >= 15 is 0 Å². The van der Waals surface area contributed by atoms with E-state index < -0.39 is 0 Å². The first-order chi connectivity index (χ1) is 7.22. The van der Waals surface area contributed by atoms with Crippen molar-refractivity contribution in [3.63, 3.8) is 0 Å². The van der Waals surface area contributed by atoms with Crippen LogP contribution in [0.1, 0.15) is 37.4 Å². The van der Waals surface area contributed by atoms with Gasteiger partial charge >= 0.3 is 0 Å². The van der Waals surface area contributed by atoms with E-state index in [1.54, 1.807) is 0 Å². The second-order valence-corrected chi connectivity index (χ2v) is 5.26. The first kappa shape index (κ1) is 11.0. The molecule has 1 N–H and O–H groups in total. The first-order valence-electron chi connectivity index (χ1n) is 5.31. The van der Waals surface area contributed by atoms with Gasteiger partial charge in [-0.05, 0) is 7.05 Å². The maximum absolute atomic E-state index is 5.33. The lowest BCUT2D eigenvalue weighted by molar-refractivity contribution is 0.339. The third kappa shape index (κ3) is 2.18. The highest BCUT2D eigenvalue weighted by Crippen LogP contribution is 2.32. The Hall–Kier alpha value is -0.550. The molecule has 84 valence electrons. The summed E-state index contributed by atoms with van der Waals surface area (Å²) in [5.74, 6) is 4.52. The van der Waals surface area contributed by atoms with E-state index in [0.717, 1.165) is 23.2 Å². The fourth-order valence-corrected chi connectivity index (χ4v) is 3.13. The lowest BCUT2D eigenvalue weighted by Gasteiger charge is -2.13. The summed E-state index contributed by atoms with van der Waals surface area (Å²) in [6.07, 6.45) is 0. The van der Waals surface area contributed by atoms with E-state index in [-0.39, 0.29) is 0 Å². The summed E-state index contributed by atoms with van der Waals surface area (Å²) < 4.78 is 5.33. The molecule has 0 aromatic carbocycles. The molecule has 0 aliphatic carbocycles. The van der Waals surface area contributed by atoms with Gasteiger partial charge in [0.25, 0.3) is 0 Å². The molecular formula is C10H17N3OS. The van der Waals surface area contributed by atoms with Crippen LogP contribution < -0.4 is 5.32 Å². The lowest BCUT2D eigenvalue weighted by Crippen LogP contribution is -2.31. The van der Waals surface area contributed by atoms with Gasteiger partial charge in [-0.1, -0.05) is 19.0 Å². The number of thioether (sulfide) groups is 1. The number of aromatic nitrogens is 2. The molecule has 1 aromatic rings. The summed E-state index contributed by atoms with van der Waals surface area (Å²) in [7, 11) is 1.99. The molecule has 1 saturated heterocycles. The van der Waals surface area contributed by atoms with E-state index in [2.05, 4.69) is 29.3 Å². The highest BCUT2D eigenvalue weighted by atomic mass is 32.2. The molecule has 2 rings (SSSR count). The summed E-state index contributed by atoms with van der Waals surface area (Å²) in [5, 5.41) is 7.31. The smallest absolute Gasteiger partial charge is 0.232 e. The van der Waals surface area contributed by atoms with E-state index in [9.17, 15) is 0 Å². The SMILES string of the molecule is CNC1CSCC1c1nc(C(C)C)no1. The molecule has 5 heteroatoms. The van der Waals surface area contributed by atoms with Gasteiger partial charge in [-0.3, -0.25) is 0 Å². The normalized spacial score (nSPS) is 26.4. The standard InChI is InChI=1S/C10H17N3OS/c1-6(2)9-12-10(14-13-9)7-4-15-5-8(7)11-3/h6-8,11H,4-5H2,1-3H3. The number of nitrogens with one attached hydrogen (secondary N) is 1. The van der Waals surface area contributed by atoms with E-state index in [1.807, 2.05) is 18.8 Å². The Morgan fingerprint density at radius 2 is 2.27 bits per heavy atom. The molecule has 0 amide bonds. The molecule has 2 unspecified atom stereocenters. The summed E-state index contributed by atoms with van der Waals surface area (Å²) in [5.41, 5.74) is 0. The van der Waals surface area contributed by atoms with E-state index in [0.29, 0.717) is 17.9 Å². The Morgan fingerprint density at radius 1 is 1.47 bits per heavy atom. The van der Waals surface area contributed by atoms with Crippen LogP contribution in [-0.2, 0) is 0 Å². The highest BCUT2D eigenvalue weighted by molar-refractivity contribution is 7.99. The minimum Gasteiger partial charge on any atom is -0.339 e. The Morgan fingerprint density at radius 3 is 2.87 bits per heavy atom. The number of likely N-dealkylation sites (N-methyl/N-ethyl adjacent to an activating group) is 1. The van der Waals surface area contributed by atoms with Crippen LogP contribution in [0.5, 0.6) is 0 Å². The quantitative estimate of drug-likeness (QED) is 0.850. The van der Waals surface area contributed by atoms with Gasteiger partial charge in [-0.25, -0.2) is 0 Å². The average molecular weight is 227 g/mol. The van der Waals surface area contributed by atoms with Crippen LogP contribution in [0.2, 0.25) is 0 Å². The maximum atomic E-state index is 5.33. The van der Waals surface area contributed by atoms with Gasteiger partial charge in [-0.2, -0.15) is 16.7 Å². The fourth-order valence-electron chi connectivity index (χ4n) is 1.71. The zero-order chi connectivity index (χ0) is 10.8. The minimum absolute atomic E-state index is 0.338. The predicted octanol–water partition coefficient (Wildman–Crippen LogP) is 1.61. The third-order valence-electron chi connectivity index (χ3n) is 2.74. The Kier molecular flexibility index (Phi) is 3.31. The van der Waals surface area contributed by atoms with Crippen LogP contribution in [0.15, 0.2) is 4.52 Å². The molecule has 15 heavy (non-hydrogen) atoms. The largest absolute Gasteiger partial charge is 0.339 e. The molecule has 4 nitrogen and oxygen atoms in total. The summed E-state index contributed by atoms with van der Waals surface area (Å²) in [6, 6.07) is 0.468. The van der Waals surface area contributed by atoms with Crippen molar-refractivity contribution in [2.45, 2.75) is 31.7 Å². The van der Waals surface area contributed by atoms with Crippen molar-refractivity contribution in [2.75, 3.05) is 18.6 Å². The molecule has 2 atom stereocenters. The first-order valence-corrected chi connectivity index (χ1v) is 6.46. The molecule has 0 saturated carbocycles. The number of hydrogen-bond acceptors (Lipinski definition) is 5. The molecule has 0 bridgehead atoms. The summed E-state index contributed by atoms with van der Waals surface area (Å²) >= 11 is 1.94. The predicted molar refractivity (Wildman–Crippen MR) is 61.3 cm³/mol. The Balaban J connectivity index is 2.14. The second kappa shape index (κ2) is 4.53. The molecule has 2 heterocycles. The second-order valence-electron chi connectivity index (χ2n) is 4.18. The molecule has 1 aromatic heterocycles. The molecule has 0 radical (unpaired) electrons. The van der Waals surface area contributed by atoms with E-state index in [4.69, 9.17) is 4.52 Å². The summed E-state index contributed by atoms with van der Waals surface area (Å²) in [6.45, 7) is 4.15. The monoisotopic (exact) mass is 227 g/mol. The zero-order valence-corrected chi connectivity index (χ0v) is 10.2. The van der Waals surface area contributed by atoms with Gasteiger partial charge in [0, 0.05) is 23.5 Å². The maximum Gasteiger partial charge on any atom is 0.232 e. The molecule has 1 fully saturated rings. The van der Waals surface area contributed by atoms with Gasteiger partial charge in [0.15, 0.2) is 5.82 Å². The number of hydrogen-bond donors (Lipinski definition) is 1. The van der Waals surface area contributed by atoms with Gasteiger partial charge in [0.2, 0.25) is 5.89 Å². The molecule has 0 spiro atoms. The van der Waals surface area contributed by atoms with Crippen LogP contribution >= 0.6 is 11.8 Å². The number of rotatable bonds is 3. The van der Waals surface area contributed by atoms with Crippen LogP contribution in [0.25, 0.3) is 0 Å². The van der Waals surface area contributed by atoms with E-state index in [1.165, 1.54) is 0 Å². The van der Waals surface area contributed by atoms with Crippen LogP contribution in [-0.4, -0.2) is 34.7 Å². The molecule has 1 aliphatic heterocycles. The Labute approximate surface area is 94.2 Å². The van der Waals surface area contributed by atoms with Crippen molar-refractivity contribution in [1.82, 2.24) is 15.5 Å². The zero-order valence-electron chi connectivity index (χ0n) is 9.36.